The summed E-state index contributed by atoms with van der Waals surface area (Å²) in [7, 11) is 3.35. The molecule has 1 amide bonds. The van der Waals surface area contributed by atoms with Crippen molar-refractivity contribution in [1.82, 2.24) is 4.90 Å². The standard InChI is InChI=1S/C23H29NO4/c1-26-21-11-9-19(10-12-21)17-24-22(25)13-15-23(24,27-2)14-6-16-28-18-20-7-4-3-5-8-20/h3-5,7-12H,6,13-18H2,1-2H3. The third kappa shape index (κ3) is 4.91. The van der Waals surface area contributed by atoms with E-state index in [-0.39, 0.29) is 5.91 Å². The number of carbonyl (C=O) groups is 1. The van der Waals surface area contributed by atoms with Crippen LogP contribution in [0.5, 0.6) is 5.75 Å². The van der Waals surface area contributed by atoms with Crippen molar-refractivity contribution in [2.24, 2.45) is 0 Å². The summed E-state index contributed by atoms with van der Waals surface area (Å²) in [6.45, 7) is 1.79. The highest BCUT2D eigenvalue weighted by Gasteiger charge is 2.45. The fourth-order valence-corrected chi connectivity index (χ4v) is 3.73. The Kier molecular flexibility index (Phi) is 7.06. The molecule has 0 aromatic heterocycles. The number of carbonyl (C=O) groups excluding carboxylic acids is 1. The molecule has 150 valence electrons. The van der Waals surface area contributed by atoms with Gasteiger partial charge in [-0.1, -0.05) is 42.5 Å². The highest BCUT2D eigenvalue weighted by atomic mass is 16.5. The van der Waals surface area contributed by atoms with Gasteiger partial charge in [0.1, 0.15) is 11.5 Å². The molecule has 1 aliphatic heterocycles. The molecule has 0 radical (unpaired) electrons. The van der Waals surface area contributed by atoms with E-state index in [1.807, 2.05) is 47.4 Å². The fraction of sp³-hybridized carbons (Fsp3) is 0.435. The maximum absolute atomic E-state index is 12.5. The van der Waals surface area contributed by atoms with E-state index < -0.39 is 5.72 Å². The van der Waals surface area contributed by atoms with E-state index >= 15 is 0 Å². The molecule has 1 fully saturated rings. The number of hydrogen-bond donors (Lipinski definition) is 0. The van der Waals surface area contributed by atoms with Crippen LogP contribution in [0.4, 0.5) is 0 Å². The Morgan fingerprint density at radius 1 is 1.00 bits per heavy atom. The fourth-order valence-electron chi connectivity index (χ4n) is 3.73. The molecule has 0 bridgehead atoms. The van der Waals surface area contributed by atoms with Gasteiger partial charge < -0.3 is 19.1 Å². The molecule has 3 rings (SSSR count). The predicted molar refractivity (Wildman–Crippen MR) is 108 cm³/mol. The van der Waals surface area contributed by atoms with Crippen molar-refractivity contribution in [3.63, 3.8) is 0 Å². The average Bonchev–Trinajstić information content (AvgIpc) is 3.05. The van der Waals surface area contributed by atoms with Crippen LogP contribution in [0.15, 0.2) is 54.6 Å². The lowest BCUT2D eigenvalue weighted by molar-refractivity contribution is -0.157. The summed E-state index contributed by atoms with van der Waals surface area (Å²) < 4.78 is 16.9. The molecule has 1 heterocycles. The second kappa shape index (κ2) is 9.71. The van der Waals surface area contributed by atoms with Gasteiger partial charge in [-0.2, -0.15) is 0 Å². The number of benzene rings is 2. The summed E-state index contributed by atoms with van der Waals surface area (Å²) in [5.74, 6) is 0.952. The Balaban J connectivity index is 1.55. The molecule has 2 aromatic carbocycles. The van der Waals surface area contributed by atoms with E-state index in [1.54, 1.807) is 14.2 Å². The first-order valence-electron chi connectivity index (χ1n) is 9.77. The molecular weight excluding hydrogens is 354 g/mol. The van der Waals surface area contributed by atoms with Crippen LogP contribution in [-0.4, -0.2) is 37.4 Å². The van der Waals surface area contributed by atoms with Crippen molar-refractivity contribution in [2.45, 2.75) is 44.6 Å². The van der Waals surface area contributed by atoms with Crippen LogP contribution < -0.4 is 4.74 Å². The monoisotopic (exact) mass is 383 g/mol. The largest absolute Gasteiger partial charge is 0.497 e. The highest BCUT2D eigenvalue weighted by Crippen LogP contribution is 2.36. The first-order chi connectivity index (χ1) is 13.7. The van der Waals surface area contributed by atoms with E-state index in [1.165, 1.54) is 5.56 Å². The molecule has 28 heavy (non-hydrogen) atoms. The van der Waals surface area contributed by atoms with Crippen molar-refractivity contribution in [3.8, 4) is 5.75 Å². The third-order valence-corrected chi connectivity index (χ3v) is 5.37. The number of amides is 1. The van der Waals surface area contributed by atoms with Crippen molar-refractivity contribution in [3.05, 3.63) is 65.7 Å². The minimum Gasteiger partial charge on any atom is -0.497 e. The lowest BCUT2D eigenvalue weighted by Crippen LogP contribution is -2.47. The number of hydrogen-bond acceptors (Lipinski definition) is 4. The summed E-state index contributed by atoms with van der Waals surface area (Å²) in [5.41, 5.74) is 1.69. The summed E-state index contributed by atoms with van der Waals surface area (Å²) >= 11 is 0. The molecule has 5 heteroatoms. The van der Waals surface area contributed by atoms with Gasteiger partial charge in [-0.25, -0.2) is 0 Å². The van der Waals surface area contributed by atoms with E-state index in [0.29, 0.717) is 26.2 Å². The van der Waals surface area contributed by atoms with Crippen molar-refractivity contribution < 1.29 is 19.0 Å². The van der Waals surface area contributed by atoms with Gasteiger partial charge in [0.05, 0.1) is 13.7 Å². The zero-order valence-electron chi connectivity index (χ0n) is 16.7. The van der Waals surface area contributed by atoms with Crippen molar-refractivity contribution >= 4 is 5.91 Å². The predicted octanol–water partition coefficient (Wildman–Crippen LogP) is 4.16. The van der Waals surface area contributed by atoms with Crippen LogP contribution in [-0.2, 0) is 27.4 Å². The lowest BCUT2D eigenvalue weighted by Gasteiger charge is -2.37. The van der Waals surface area contributed by atoms with Gasteiger partial charge in [-0.3, -0.25) is 4.79 Å². The van der Waals surface area contributed by atoms with Gasteiger partial charge in [0.15, 0.2) is 0 Å². The quantitative estimate of drug-likeness (QED) is 0.578. The Hall–Kier alpha value is -2.37. The SMILES string of the molecule is COc1ccc(CN2C(=O)CCC2(CCCOCc2ccccc2)OC)cc1. The minimum atomic E-state index is -0.548. The minimum absolute atomic E-state index is 0.142. The normalized spacial score (nSPS) is 19.2. The van der Waals surface area contributed by atoms with E-state index in [4.69, 9.17) is 14.2 Å². The van der Waals surface area contributed by atoms with Crippen LogP contribution in [0.1, 0.15) is 36.8 Å². The first kappa shape index (κ1) is 20.4. The maximum atomic E-state index is 12.5. The van der Waals surface area contributed by atoms with E-state index in [2.05, 4.69) is 12.1 Å². The third-order valence-electron chi connectivity index (χ3n) is 5.37. The number of rotatable bonds is 10. The summed E-state index contributed by atoms with van der Waals surface area (Å²) in [4.78, 5) is 14.4. The van der Waals surface area contributed by atoms with Gasteiger partial charge in [0.25, 0.3) is 0 Å². The van der Waals surface area contributed by atoms with Gasteiger partial charge >= 0.3 is 0 Å². The second-order valence-corrected chi connectivity index (χ2v) is 7.12. The van der Waals surface area contributed by atoms with Gasteiger partial charge in [-0.05, 0) is 36.1 Å². The number of nitrogens with zero attached hydrogens (tertiary/aromatic N) is 1. The molecule has 1 aliphatic rings. The van der Waals surface area contributed by atoms with Gasteiger partial charge in [0, 0.05) is 33.1 Å². The van der Waals surface area contributed by atoms with Gasteiger partial charge in [0.2, 0.25) is 5.91 Å². The Labute approximate surface area is 167 Å². The van der Waals surface area contributed by atoms with E-state index in [0.717, 1.165) is 30.6 Å². The number of likely N-dealkylation sites (tertiary alicyclic amines) is 1. The summed E-state index contributed by atoms with van der Waals surface area (Å²) in [5, 5.41) is 0. The lowest BCUT2D eigenvalue weighted by atomic mass is 10.0. The smallest absolute Gasteiger partial charge is 0.225 e. The molecular formula is C23H29NO4. The first-order valence-corrected chi connectivity index (χ1v) is 9.77. The van der Waals surface area contributed by atoms with Crippen LogP contribution in [0.3, 0.4) is 0 Å². The Morgan fingerprint density at radius 2 is 1.75 bits per heavy atom. The molecule has 1 unspecified atom stereocenters. The molecule has 0 saturated carbocycles. The molecule has 0 N–H and O–H groups in total. The van der Waals surface area contributed by atoms with Crippen molar-refractivity contribution in [2.75, 3.05) is 20.8 Å². The summed E-state index contributed by atoms with van der Waals surface area (Å²) in [6, 6.07) is 18.0. The average molecular weight is 383 g/mol. The summed E-state index contributed by atoms with van der Waals surface area (Å²) in [6.07, 6.45) is 2.85. The second-order valence-electron chi connectivity index (χ2n) is 7.12. The van der Waals surface area contributed by atoms with E-state index in [9.17, 15) is 4.79 Å². The number of methoxy groups -OCH3 is 2. The Morgan fingerprint density at radius 3 is 2.43 bits per heavy atom. The molecule has 1 saturated heterocycles. The zero-order valence-corrected chi connectivity index (χ0v) is 16.7. The molecule has 2 aromatic rings. The molecule has 1 atom stereocenters. The maximum Gasteiger partial charge on any atom is 0.225 e. The van der Waals surface area contributed by atoms with Crippen LogP contribution >= 0.6 is 0 Å². The number of ether oxygens (including phenoxy) is 3. The molecule has 0 aliphatic carbocycles. The topological polar surface area (TPSA) is 48.0 Å². The van der Waals surface area contributed by atoms with Crippen LogP contribution in [0.25, 0.3) is 0 Å². The van der Waals surface area contributed by atoms with Crippen LogP contribution in [0.2, 0.25) is 0 Å². The van der Waals surface area contributed by atoms with Crippen molar-refractivity contribution in [1.29, 1.82) is 0 Å². The van der Waals surface area contributed by atoms with Crippen LogP contribution in [0, 0.1) is 0 Å². The molecule has 5 nitrogen and oxygen atoms in total. The molecule has 0 spiro atoms. The Bertz CT molecular complexity index is 747. The highest BCUT2D eigenvalue weighted by molar-refractivity contribution is 5.79. The zero-order chi connectivity index (χ0) is 19.8. The van der Waals surface area contributed by atoms with Gasteiger partial charge in [-0.15, -0.1) is 0 Å².